The Morgan fingerprint density at radius 3 is 2.41 bits per heavy atom. The van der Waals surface area contributed by atoms with Crippen molar-refractivity contribution in [1.82, 2.24) is 0 Å². The fraction of sp³-hybridized carbons (Fsp3) is 0. The first-order valence-electron chi connectivity index (χ1n) is 4.83. The third kappa shape index (κ3) is 2.94. The van der Waals surface area contributed by atoms with Crippen molar-refractivity contribution in [3.05, 3.63) is 52.5 Å². The van der Waals surface area contributed by atoms with E-state index in [-0.39, 0.29) is 5.82 Å². The number of anilines is 3. The van der Waals surface area contributed by atoms with Gasteiger partial charge in [0.1, 0.15) is 11.6 Å². The maximum atomic E-state index is 13.1. The highest BCUT2D eigenvalue weighted by Crippen LogP contribution is 2.27. The molecule has 0 aliphatic carbocycles. The molecule has 88 valence electrons. The van der Waals surface area contributed by atoms with Crippen molar-refractivity contribution in [2.24, 2.45) is 0 Å². The molecule has 0 saturated carbocycles. The molecule has 0 aliphatic rings. The number of hydrogen-bond acceptors (Lipinski definition) is 2. The van der Waals surface area contributed by atoms with Gasteiger partial charge in [0.15, 0.2) is 0 Å². The summed E-state index contributed by atoms with van der Waals surface area (Å²) in [5.74, 6) is -0.771. The molecule has 2 rings (SSSR count). The lowest BCUT2D eigenvalue weighted by Gasteiger charge is -2.09. The Morgan fingerprint density at radius 1 is 1.00 bits per heavy atom. The molecule has 0 heterocycles. The normalized spacial score (nSPS) is 10.3. The van der Waals surface area contributed by atoms with Crippen LogP contribution in [0.5, 0.6) is 0 Å². The van der Waals surface area contributed by atoms with Gasteiger partial charge in [-0.05, 0) is 52.3 Å². The number of nitrogen functional groups attached to an aromatic ring is 1. The zero-order valence-corrected chi connectivity index (χ0v) is 10.3. The molecule has 5 heteroatoms. The van der Waals surface area contributed by atoms with Crippen LogP contribution in [0, 0.1) is 11.6 Å². The SMILES string of the molecule is Nc1cc(F)cc(Nc2ccc(F)cc2Br)c1. The van der Waals surface area contributed by atoms with Gasteiger partial charge in [-0.1, -0.05) is 0 Å². The molecule has 0 aromatic heterocycles. The summed E-state index contributed by atoms with van der Waals surface area (Å²) in [5, 5.41) is 2.95. The number of hydrogen-bond donors (Lipinski definition) is 2. The van der Waals surface area contributed by atoms with E-state index in [2.05, 4.69) is 21.2 Å². The Labute approximate surface area is 106 Å². The molecule has 0 saturated heterocycles. The van der Waals surface area contributed by atoms with Crippen molar-refractivity contribution < 1.29 is 8.78 Å². The lowest BCUT2D eigenvalue weighted by atomic mass is 10.2. The highest BCUT2D eigenvalue weighted by molar-refractivity contribution is 9.10. The van der Waals surface area contributed by atoms with Gasteiger partial charge in [0.2, 0.25) is 0 Å². The van der Waals surface area contributed by atoms with Crippen molar-refractivity contribution in [2.75, 3.05) is 11.1 Å². The van der Waals surface area contributed by atoms with E-state index in [0.717, 1.165) is 0 Å². The average molecular weight is 299 g/mol. The van der Waals surface area contributed by atoms with E-state index in [1.165, 1.54) is 24.3 Å². The van der Waals surface area contributed by atoms with E-state index in [1.54, 1.807) is 12.1 Å². The predicted octanol–water partition coefficient (Wildman–Crippen LogP) is 4.05. The highest BCUT2D eigenvalue weighted by Gasteiger charge is 2.03. The predicted molar refractivity (Wildman–Crippen MR) is 68.2 cm³/mol. The van der Waals surface area contributed by atoms with Crippen LogP contribution >= 0.6 is 15.9 Å². The molecule has 0 spiro atoms. The Morgan fingerprint density at radius 2 is 1.76 bits per heavy atom. The van der Waals surface area contributed by atoms with Gasteiger partial charge in [0.05, 0.1) is 5.69 Å². The largest absolute Gasteiger partial charge is 0.399 e. The van der Waals surface area contributed by atoms with Gasteiger partial charge in [0.25, 0.3) is 0 Å². The zero-order valence-electron chi connectivity index (χ0n) is 8.68. The zero-order chi connectivity index (χ0) is 12.4. The van der Waals surface area contributed by atoms with E-state index in [9.17, 15) is 8.78 Å². The summed E-state index contributed by atoms with van der Waals surface area (Å²) in [7, 11) is 0. The molecular formula is C12H9BrF2N2. The van der Waals surface area contributed by atoms with Crippen LogP contribution in [0.4, 0.5) is 25.8 Å². The first-order chi connectivity index (χ1) is 8.04. The minimum atomic E-state index is -0.425. The van der Waals surface area contributed by atoms with E-state index < -0.39 is 5.82 Å². The average Bonchev–Trinajstić information content (AvgIpc) is 2.21. The van der Waals surface area contributed by atoms with Crippen molar-refractivity contribution in [2.45, 2.75) is 0 Å². The number of nitrogens with one attached hydrogen (secondary N) is 1. The summed E-state index contributed by atoms with van der Waals surface area (Å²) < 4.78 is 26.5. The smallest absolute Gasteiger partial charge is 0.127 e. The molecule has 0 fully saturated rings. The number of halogens is 3. The molecule has 17 heavy (non-hydrogen) atoms. The van der Waals surface area contributed by atoms with Crippen LogP contribution in [0.2, 0.25) is 0 Å². The van der Waals surface area contributed by atoms with Gasteiger partial charge in [-0.2, -0.15) is 0 Å². The third-order valence-corrected chi connectivity index (χ3v) is 2.79. The molecule has 2 nitrogen and oxygen atoms in total. The first-order valence-corrected chi connectivity index (χ1v) is 5.62. The number of rotatable bonds is 2. The van der Waals surface area contributed by atoms with Crippen molar-refractivity contribution >= 4 is 33.0 Å². The molecule has 0 atom stereocenters. The van der Waals surface area contributed by atoms with Crippen molar-refractivity contribution in [3.63, 3.8) is 0 Å². The van der Waals surface area contributed by atoms with Crippen LogP contribution in [0.1, 0.15) is 0 Å². The molecule has 2 aromatic carbocycles. The van der Waals surface area contributed by atoms with Gasteiger partial charge in [-0.25, -0.2) is 8.78 Å². The van der Waals surface area contributed by atoms with Gasteiger partial charge in [0, 0.05) is 15.8 Å². The number of nitrogens with two attached hydrogens (primary N) is 1. The van der Waals surface area contributed by atoms with Crippen LogP contribution in [0.3, 0.4) is 0 Å². The number of benzene rings is 2. The van der Waals surface area contributed by atoms with Crippen molar-refractivity contribution in [3.8, 4) is 0 Å². The second kappa shape index (κ2) is 4.71. The van der Waals surface area contributed by atoms with Gasteiger partial charge in [-0.15, -0.1) is 0 Å². The van der Waals surface area contributed by atoms with Crippen LogP contribution in [-0.2, 0) is 0 Å². The summed E-state index contributed by atoms with van der Waals surface area (Å²) in [6, 6.07) is 8.33. The Kier molecular flexibility index (Phi) is 3.28. The molecule has 0 bridgehead atoms. The minimum absolute atomic E-state index is 0.325. The van der Waals surface area contributed by atoms with Crippen LogP contribution in [-0.4, -0.2) is 0 Å². The Bertz CT molecular complexity index is 538. The Hall–Kier alpha value is -1.62. The third-order valence-electron chi connectivity index (χ3n) is 2.13. The molecule has 2 aromatic rings. The maximum Gasteiger partial charge on any atom is 0.127 e. The second-order valence-corrected chi connectivity index (χ2v) is 4.38. The first kappa shape index (κ1) is 11.9. The van der Waals surface area contributed by atoms with Gasteiger partial charge >= 0.3 is 0 Å². The maximum absolute atomic E-state index is 13.1. The summed E-state index contributed by atoms with van der Waals surface area (Å²) in [6.07, 6.45) is 0. The molecule has 0 amide bonds. The fourth-order valence-electron chi connectivity index (χ4n) is 1.43. The quantitative estimate of drug-likeness (QED) is 0.821. The standard InChI is InChI=1S/C12H9BrF2N2/c13-11-5-7(14)1-2-12(11)17-10-4-8(15)3-9(16)6-10/h1-6,17H,16H2. The summed E-state index contributed by atoms with van der Waals surface area (Å²) in [4.78, 5) is 0. The van der Waals surface area contributed by atoms with Crippen molar-refractivity contribution in [1.29, 1.82) is 0 Å². The lowest BCUT2D eigenvalue weighted by molar-refractivity contribution is 0.627. The summed E-state index contributed by atoms with van der Waals surface area (Å²) >= 11 is 3.21. The lowest BCUT2D eigenvalue weighted by Crippen LogP contribution is -1.95. The molecule has 0 radical (unpaired) electrons. The highest BCUT2D eigenvalue weighted by atomic mass is 79.9. The van der Waals surface area contributed by atoms with Crippen LogP contribution in [0.25, 0.3) is 0 Å². The van der Waals surface area contributed by atoms with E-state index in [4.69, 9.17) is 5.73 Å². The minimum Gasteiger partial charge on any atom is -0.399 e. The topological polar surface area (TPSA) is 38.0 Å². The van der Waals surface area contributed by atoms with Gasteiger partial charge < -0.3 is 11.1 Å². The van der Waals surface area contributed by atoms with E-state index in [1.807, 2.05) is 0 Å². The summed E-state index contributed by atoms with van der Waals surface area (Å²) in [6.45, 7) is 0. The van der Waals surface area contributed by atoms with Crippen LogP contribution in [0.15, 0.2) is 40.9 Å². The van der Waals surface area contributed by atoms with E-state index in [0.29, 0.717) is 21.5 Å². The molecular weight excluding hydrogens is 290 g/mol. The molecule has 0 aliphatic heterocycles. The summed E-state index contributed by atoms with van der Waals surface area (Å²) in [5.41, 5.74) is 6.99. The molecule has 0 unspecified atom stereocenters. The van der Waals surface area contributed by atoms with Gasteiger partial charge in [-0.3, -0.25) is 0 Å². The monoisotopic (exact) mass is 298 g/mol. The molecule has 3 N–H and O–H groups in total. The van der Waals surface area contributed by atoms with Crippen LogP contribution < -0.4 is 11.1 Å². The van der Waals surface area contributed by atoms with E-state index >= 15 is 0 Å². The Balaban J connectivity index is 2.31. The fourth-order valence-corrected chi connectivity index (χ4v) is 1.88. The second-order valence-electron chi connectivity index (χ2n) is 3.52.